The number of hydrogen-bond acceptors (Lipinski definition) is 4. The Bertz CT molecular complexity index is 706. The number of rotatable bonds is 8. The number of benzene rings is 1. The predicted molar refractivity (Wildman–Crippen MR) is 107 cm³/mol. The maximum atomic E-state index is 12.5. The lowest BCUT2D eigenvalue weighted by Crippen LogP contribution is -2.41. The van der Waals surface area contributed by atoms with Crippen LogP contribution in [0.25, 0.3) is 6.08 Å². The number of amides is 1. The first-order valence-electron chi connectivity index (χ1n) is 9.82. The average molecular weight is 370 g/mol. The van der Waals surface area contributed by atoms with E-state index in [0.717, 1.165) is 37.7 Å². The average Bonchev–Trinajstić information content (AvgIpc) is 2.68. The van der Waals surface area contributed by atoms with Gasteiger partial charge in [-0.3, -0.25) is 4.79 Å². The monoisotopic (exact) mass is 370 g/mol. The molecule has 0 saturated heterocycles. The van der Waals surface area contributed by atoms with Crippen molar-refractivity contribution in [1.82, 2.24) is 5.32 Å². The Labute approximate surface area is 162 Å². The SMILES string of the molecule is CCCCOc1ccc(/C=C(\C#N)C(=O)N[C@H]2CCCC[C@@H]2C)cc1OC. The van der Waals surface area contributed by atoms with E-state index in [2.05, 4.69) is 19.2 Å². The van der Waals surface area contributed by atoms with Crippen LogP contribution in [0, 0.1) is 17.2 Å². The molecule has 0 spiro atoms. The topological polar surface area (TPSA) is 71.3 Å². The Balaban J connectivity index is 2.11. The number of methoxy groups -OCH3 is 1. The van der Waals surface area contributed by atoms with Gasteiger partial charge in [-0.25, -0.2) is 0 Å². The van der Waals surface area contributed by atoms with E-state index in [1.165, 1.54) is 6.42 Å². The summed E-state index contributed by atoms with van der Waals surface area (Å²) < 4.78 is 11.1. The van der Waals surface area contributed by atoms with Gasteiger partial charge < -0.3 is 14.8 Å². The fourth-order valence-electron chi connectivity index (χ4n) is 3.31. The van der Waals surface area contributed by atoms with E-state index in [4.69, 9.17) is 9.47 Å². The van der Waals surface area contributed by atoms with Crippen molar-refractivity contribution < 1.29 is 14.3 Å². The molecule has 0 bridgehead atoms. The van der Waals surface area contributed by atoms with Crippen LogP contribution in [0.2, 0.25) is 0 Å². The molecule has 0 heterocycles. The van der Waals surface area contributed by atoms with Crippen molar-refractivity contribution in [1.29, 1.82) is 5.26 Å². The van der Waals surface area contributed by atoms with E-state index in [9.17, 15) is 10.1 Å². The van der Waals surface area contributed by atoms with Crippen LogP contribution in [0.3, 0.4) is 0 Å². The first-order chi connectivity index (χ1) is 13.1. The molecule has 0 aliphatic heterocycles. The summed E-state index contributed by atoms with van der Waals surface area (Å²) in [7, 11) is 1.58. The highest BCUT2D eigenvalue weighted by molar-refractivity contribution is 6.01. The van der Waals surface area contributed by atoms with Gasteiger partial charge in [0.05, 0.1) is 13.7 Å². The van der Waals surface area contributed by atoms with Crippen LogP contribution in [-0.2, 0) is 4.79 Å². The maximum absolute atomic E-state index is 12.5. The number of nitrogens with zero attached hydrogens (tertiary/aromatic N) is 1. The van der Waals surface area contributed by atoms with Gasteiger partial charge in [-0.1, -0.05) is 39.2 Å². The predicted octanol–water partition coefficient (Wildman–Crippen LogP) is 4.48. The number of hydrogen-bond donors (Lipinski definition) is 1. The van der Waals surface area contributed by atoms with Gasteiger partial charge in [0, 0.05) is 6.04 Å². The van der Waals surface area contributed by atoms with Crippen molar-refractivity contribution in [3.05, 3.63) is 29.3 Å². The fraction of sp³-hybridized carbons (Fsp3) is 0.545. The van der Waals surface area contributed by atoms with E-state index in [-0.39, 0.29) is 17.5 Å². The number of ether oxygens (including phenoxy) is 2. The van der Waals surface area contributed by atoms with Gasteiger partial charge in [-0.05, 0) is 49.0 Å². The molecule has 1 fully saturated rings. The molecular formula is C22H30N2O3. The smallest absolute Gasteiger partial charge is 0.262 e. The van der Waals surface area contributed by atoms with E-state index < -0.39 is 0 Å². The molecule has 2 atom stereocenters. The molecule has 146 valence electrons. The Morgan fingerprint density at radius 3 is 2.78 bits per heavy atom. The van der Waals surface area contributed by atoms with Crippen molar-refractivity contribution in [2.24, 2.45) is 5.92 Å². The zero-order valence-electron chi connectivity index (χ0n) is 16.6. The van der Waals surface area contributed by atoms with Gasteiger partial charge >= 0.3 is 0 Å². The van der Waals surface area contributed by atoms with Crippen LogP contribution < -0.4 is 14.8 Å². The molecule has 5 nitrogen and oxygen atoms in total. The lowest BCUT2D eigenvalue weighted by Gasteiger charge is -2.29. The maximum Gasteiger partial charge on any atom is 0.262 e. The van der Waals surface area contributed by atoms with Crippen LogP contribution in [0.15, 0.2) is 23.8 Å². The standard InChI is InChI=1S/C22H30N2O3/c1-4-5-12-27-20-11-10-17(14-21(20)26-3)13-18(15-23)22(25)24-19-9-7-6-8-16(19)2/h10-11,13-14,16,19H,4-9,12H2,1-3H3,(H,24,25)/b18-13+/t16-,19-/m0/s1. The van der Waals surface area contributed by atoms with Crippen molar-refractivity contribution in [3.63, 3.8) is 0 Å². The molecule has 0 radical (unpaired) electrons. The Morgan fingerprint density at radius 2 is 2.11 bits per heavy atom. The molecule has 1 aliphatic rings. The summed E-state index contributed by atoms with van der Waals surface area (Å²) in [5, 5.41) is 12.5. The van der Waals surface area contributed by atoms with Crippen LogP contribution in [0.4, 0.5) is 0 Å². The van der Waals surface area contributed by atoms with Gasteiger partial charge in [0.1, 0.15) is 11.6 Å². The van der Waals surface area contributed by atoms with Crippen LogP contribution in [0.1, 0.15) is 57.9 Å². The number of unbranched alkanes of at least 4 members (excludes halogenated alkanes) is 1. The third-order valence-corrected chi connectivity index (χ3v) is 5.05. The minimum Gasteiger partial charge on any atom is -0.493 e. The highest BCUT2D eigenvalue weighted by Gasteiger charge is 2.24. The molecule has 1 saturated carbocycles. The minimum atomic E-state index is -0.307. The number of nitrogens with one attached hydrogen (secondary N) is 1. The van der Waals surface area contributed by atoms with Gasteiger partial charge in [0.25, 0.3) is 5.91 Å². The summed E-state index contributed by atoms with van der Waals surface area (Å²) in [6, 6.07) is 7.60. The zero-order chi connectivity index (χ0) is 19.6. The molecule has 0 aromatic heterocycles. The third-order valence-electron chi connectivity index (χ3n) is 5.05. The second-order valence-electron chi connectivity index (χ2n) is 7.12. The second kappa shape index (κ2) is 10.6. The molecule has 1 aromatic rings. The lowest BCUT2D eigenvalue weighted by molar-refractivity contribution is -0.118. The lowest BCUT2D eigenvalue weighted by atomic mass is 9.86. The van der Waals surface area contributed by atoms with Crippen molar-refractivity contribution in [3.8, 4) is 17.6 Å². The molecule has 27 heavy (non-hydrogen) atoms. The summed E-state index contributed by atoms with van der Waals surface area (Å²) in [4.78, 5) is 12.5. The molecular weight excluding hydrogens is 340 g/mol. The highest BCUT2D eigenvalue weighted by Crippen LogP contribution is 2.29. The van der Waals surface area contributed by atoms with Gasteiger partial charge in [0.15, 0.2) is 11.5 Å². The van der Waals surface area contributed by atoms with E-state index in [1.54, 1.807) is 19.3 Å². The summed E-state index contributed by atoms with van der Waals surface area (Å²) >= 11 is 0. The third kappa shape index (κ3) is 6.02. The normalized spacial score (nSPS) is 19.9. The van der Waals surface area contributed by atoms with Gasteiger partial charge in [-0.2, -0.15) is 5.26 Å². The summed E-state index contributed by atoms with van der Waals surface area (Å²) in [5.41, 5.74) is 0.840. The number of carbonyl (C=O) groups excluding carboxylic acids is 1. The van der Waals surface area contributed by atoms with Crippen LogP contribution in [0.5, 0.6) is 11.5 Å². The molecule has 1 aliphatic carbocycles. The first kappa shape index (κ1) is 20.8. The van der Waals surface area contributed by atoms with Crippen molar-refractivity contribution >= 4 is 12.0 Å². The van der Waals surface area contributed by atoms with Crippen LogP contribution >= 0.6 is 0 Å². The van der Waals surface area contributed by atoms with E-state index in [1.807, 2.05) is 18.2 Å². The molecule has 1 amide bonds. The summed E-state index contributed by atoms with van der Waals surface area (Å²) in [6.45, 7) is 4.90. The van der Waals surface area contributed by atoms with Gasteiger partial charge in [-0.15, -0.1) is 0 Å². The number of nitriles is 1. The molecule has 1 N–H and O–H groups in total. The first-order valence-corrected chi connectivity index (χ1v) is 9.82. The molecule has 2 rings (SSSR count). The van der Waals surface area contributed by atoms with E-state index in [0.29, 0.717) is 24.0 Å². The van der Waals surface area contributed by atoms with Crippen molar-refractivity contribution in [2.75, 3.05) is 13.7 Å². The minimum absolute atomic E-state index is 0.106. The zero-order valence-corrected chi connectivity index (χ0v) is 16.6. The Hall–Kier alpha value is -2.48. The second-order valence-corrected chi connectivity index (χ2v) is 7.12. The Morgan fingerprint density at radius 1 is 1.33 bits per heavy atom. The van der Waals surface area contributed by atoms with Gasteiger partial charge in [0.2, 0.25) is 0 Å². The van der Waals surface area contributed by atoms with Crippen molar-refractivity contribution in [2.45, 2.75) is 58.4 Å². The summed E-state index contributed by atoms with van der Waals surface area (Å²) in [5.74, 6) is 1.40. The van der Waals surface area contributed by atoms with E-state index >= 15 is 0 Å². The largest absolute Gasteiger partial charge is 0.493 e. The summed E-state index contributed by atoms with van der Waals surface area (Å²) in [6.07, 6.45) is 8.06. The number of carbonyl (C=O) groups is 1. The fourth-order valence-corrected chi connectivity index (χ4v) is 3.31. The molecule has 5 heteroatoms. The molecule has 0 unspecified atom stereocenters. The Kier molecular flexibility index (Phi) is 8.19. The quantitative estimate of drug-likeness (QED) is 0.416. The van der Waals surface area contributed by atoms with Crippen LogP contribution in [-0.4, -0.2) is 25.7 Å². The molecule has 1 aromatic carbocycles. The highest BCUT2D eigenvalue weighted by atomic mass is 16.5.